The Bertz CT molecular complexity index is 1060. The average Bonchev–Trinajstić information content (AvgIpc) is 2.73. The summed E-state index contributed by atoms with van der Waals surface area (Å²) in [5, 5.41) is 0.695. The summed E-state index contributed by atoms with van der Waals surface area (Å²) in [5.74, 6) is 1.19. The van der Waals surface area contributed by atoms with Gasteiger partial charge in [0.1, 0.15) is 5.82 Å². The fraction of sp³-hybridized carbons (Fsp3) is 0.364. The van der Waals surface area contributed by atoms with Crippen molar-refractivity contribution in [2.75, 3.05) is 23.7 Å². The summed E-state index contributed by atoms with van der Waals surface area (Å²) in [7, 11) is 0. The zero-order valence-corrected chi connectivity index (χ0v) is 15.8. The molecule has 142 valence electrons. The summed E-state index contributed by atoms with van der Waals surface area (Å²) in [6.45, 7) is 1.89. The number of ketones is 1. The molecule has 3 heterocycles. The number of Topliss-reactive ketones (excluding diaryl/α,β-unsaturated/α-hetero) is 1. The Labute approximate surface area is 163 Å². The number of benzene rings is 1. The molecule has 2 N–H and O–H groups in total. The molecule has 6 heteroatoms. The summed E-state index contributed by atoms with van der Waals surface area (Å²) in [5.41, 5.74) is 10.4. The molecule has 5 rings (SSSR count). The first-order chi connectivity index (χ1) is 13.7. The van der Waals surface area contributed by atoms with Crippen molar-refractivity contribution in [1.82, 2.24) is 15.0 Å². The second-order valence-corrected chi connectivity index (χ2v) is 7.61. The van der Waals surface area contributed by atoms with Crippen LogP contribution < -0.4 is 10.6 Å². The number of anilines is 2. The molecule has 6 nitrogen and oxygen atoms in total. The number of nitrogens with zero attached hydrogens (tertiary/aromatic N) is 4. The lowest BCUT2D eigenvalue weighted by Gasteiger charge is -2.27. The van der Waals surface area contributed by atoms with E-state index in [0.29, 0.717) is 34.8 Å². The Morgan fingerprint density at radius 3 is 2.43 bits per heavy atom. The second kappa shape index (κ2) is 6.86. The number of rotatable bonds is 2. The summed E-state index contributed by atoms with van der Waals surface area (Å²) in [6, 6.07) is 9.93. The molecular weight excluding hydrogens is 350 g/mol. The second-order valence-electron chi connectivity index (χ2n) is 7.61. The minimum absolute atomic E-state index is 0.133. The smallest absolute Gasteiger partial charge is 0.229 e. The molecular formula is C22H23N5O. The van der Waals surface area contributed by atoms with Crippen LogP contribution in [0.5, 0.6) is 0 Å². The summed E-state index contributed by atoms with van der Waals surface area (Å²) in [6.07, 6.45) is 5.70. The number of aryl methyl sites for hydroxylation is 1. The quantitative estimate of drug-likeness (QED) is 0.736. The number of nitrogens with two attached hydrogens (primary N) is 1. The molecule has 0 radical (unpaired) electrons. The van der Waals surface area contributed by atoms with E-state index in [4.69, 9.17) is 15.7 Å². The van der Waals surface area contributed by atoms with E-state index in [1.807, 2.05) is 30.3 Å². The fourth-order valence-corrected chi connectivity index (χ4v) is 4.38. The fourth-order valence-electron chi connectivity index (χ4n) is 4.38. The maximum atomic E-state index is 12.8. The number of hydrogen-bond donors (Lipinski definition) is 1. The Morgan fingerprint density at radius 2 is 1.64 bits per heavy atom. The number of carbonyl (C=O) groups is 1. The number of pyridine rings is 1. The predicted octanol–water partition coefficient (Wildman–Crippen LogP) is 3.78. The van der Waals surface area contributed by atoms with E-state index in [9.17, 15) is 4.79 Å². The molecule has 0 spiro atoms. The van der Waals surface area contributed by atoms with Crippen molar-refractivity contribution in [2.45, 2.75) is 38.5 Å². The monoisotopic (exact) mass is 373 g/mol. The minimum Gasteiger partial charge on any atom is -0.383 e. The van der Waals surface area contributed by atoms with Crippen LogP contribution in [0.3, 0.4) is 0 Å². The van der Waals surface area contributed by atoms with E-state index < -0.39 is 0 Å². The molecule has 0 amide bonds. The van der Waals surface area contributed by atoms with Crippen LogP contribution in [-0.4, -0.2) is 33.8 Å². The molecule has 0 unspecified atom stereocenters. The maximum Gasteiger partial charge on any atom is 0.229 e. The average molecular weight is 373 g/mol. The zero-order valence-electron chi connectivity index (χ0n) is 15.8. The Balaban J connectivity index is 1.79. The first-order valence-corrected chi connectivity index (χ1v) is 10.1. The third kappa shape index (κ3) is 2.80. The number of piperidine rings is 1. The highest BCUT2D eigenvalue weighted by Gasteiger charge is 2.28. The Kier molecular flexibility index (Phi) is 4.19. The van der Waals surface area contributed by atoms with E-state index in [1.165, 1.54) is 6.42 Å². The van der Waals surface area contributed by atoms with Gasteiger partial charge in [0.25, 0.3) is 0 Å². The topological polar surface area (TPSA) is 85.0 Å². The number of hydrogen-bond acceptors (Lipinski definition) is 6. The minimum atomic E-state index is 0.133. The van der Waals surface area contributed by atoms with E-state index >= 15 is 0 Å². The molecule has 1 saturated heterocycles. The molecule has 0 saturated carbocycles. The van der Waals surface area contributed by atoms with Gasteiger partial charge in [0.05, 0.1) is 11.1 Å². The van der Waals surface area contributed by atoms with Crippen molar-refractivity contribution in [2.24, 2.45) is 0 Å². The molecule has 0 bridgehead atoms. The van der Waals surface area contributed by atoms with E-state index in [-0.39, 0.29) is 5.78 Å². The van der Waals surface area contributed by atoms with Gasteiger partial charge in [-0.25, -0.2) is 4.98 Å². The van der Waals surface area contributed by atoms with Gasteiger partial charge in [0.15, 0.2) is 11.4 Å². The SMILES string of the molecule is Nc1nc(N2CCCCC2)nc2nc3c(c(-c4ccccc4)c12)C(=O)CCC3. The van der Waals surface area contributed by atoms with Crippen molar-refractivity contribution in [1.29, 1.82) is 0 Å². The molecule has 0 atom stereocenters. The van der Waals surface area contributed by atoms with Gasteiger partial charge in [-0.15, -0.1) is 0 Å². The van der Waals surface area contributed by atoms with Crippen LogP contribution in [0.1, 0.15) is 48.2 Å². The molecule has 2 aliphatic rings. The molecule has 2 aromatic heterocycles. The third-order valence-corrected chi connectivity index (χ3v) is 5.73. The van der Waals surface area contributed by atoms with Crippen molar-refractivity contribution in [3.05, 3.63) is 41.6 Å². The molecule has 28 heavy (non-hydrogen) atoms. The van der Waals surface area contributed by atoms with Crippen LogP contribution >= 0.6 is 0 Å². The van der Waals surface area contributed by atoms with Crippen LogP contribution in [0.25, 0.3) is 22.2 Å². The van der Waals surface area contributed by atoms with Gasteiger partial charge >= 0.3 is 0 Å². The van der Waals surface area contributed by atoms with Crippen molar-refractivity contribution in [3.63, 3.8) is 0 Å². The normalized spacial score (nSPS) is 17.0. The maximum absolute atomic E-state index is 12.8. The molecule has 1 aliphatic heterocycles. The predicted molar refractivity (Wildman–Crippen MR) is 111 cm³/mol. The molecule has 3 aromatic rings. The van der Waals surface area contributed by atoms with Gasteiger partial charge in [-0.1, -0.05) is 30.3 Å². The van der Waals surface area contributed by atoms with Crippen LogP contribution in [-0.2, 0) is 6.42 Å². The van der Waals surface area contributed by atoms with Gasteiger partial charge in [0.2, 0.25) is 5.95 Å². The molecule has 1 aromatic carbocycles. The Morgan fingerprint density at radius 1 is 0.857 bits per heavy atom. The van der Waals surface area contributed by atoms with E-state index in [1.54, 1.807) is 0 Å². The van der Waals surface area contributed by atoms with Crippen molar-refractivity contribution >= 4 is 28.6 Å². The molecule has 1 aliphatic carbocycles. The third-order valence-electron chi connectivity index (χ3n) is 5.73. The van der Waals surface area contributed by atoms with E-state index in [2.05, 4.69) is 9.88 Å². The standard InChI is InChI=1S/C22H23N5O/c23-20-19-17(14-8-3-1-4-9-14)18-15(10-7-11-16(18)28)24-21(19)26-22(25-20)27-12-5-2-6-13-27/h1,3-4,8-9H,2,5-7,10-13H2,(H2,23,24,25,26). The highest BCUT2D eigenvalue weighted by molar-refractivity contribution is 6.13. The van der Waals surface area contributed by atoms with Crippen molar-refractivity contribution in [3.8, 4) is 11.1 Å². The lowest BCUT2D eigenvalue weighted by atomic mass is 9.86. The Hall–Kier alpha value is -3.02. The first-order valence-electron chi connectivity index (χ1n) is 10.1. The highest BCUT2D eigenvalue weighted by atomic mass is 16.1. The molecule has 1 fully saturated rings. The largest absolute Gasteiger partial charge is 0.383 e. The first kappa shape index (κ1) is 17.1. The summed E-state index contributed by atoms with van der Waals surface area (Å²) >= 11 is 0. The van der Waals surface area contributed by atoms with Crippen LogP contribution in [0.2, 0.25) is 0 Å². The van der Waals surface area contributed by atoms with Crippen LogP contribution in [0, 0.1) is 0 Å². The number of aromatic nitrogens is 3. The number of nitrogen functional groups attached to an aromatic ring is 1. The van der Waals surface area contributed by atoms with Gasteiger partial charge in [-0.2, -0.15) is 9.97 Å². The van der Waals surface area contributed by atoms with Crippen LogP contribution in [0.15, 0.2) is 30.3 Å². The van der Waals surface area contributed by atoms with Gasteiger partial charge in [0, 0.05) is 30.6 Å². The number of fused-ring (bicyclic) bond motifs is 2. The van der Waals surface area contributed by atoms with Gasteiger partial charge < -0.3 is 10.6 Å². The van der Waals surface area contributed by atoms with Gasteiger partial charge in [-0.05, 0) is 37.7 Å². The lowest BCUT2D eigenvalue weighted by molar-refractivity contribution is 0.0972. The van der Waals surface area contributed by atoms with Crippen molar-refractivity contribution < 1.29 is 4.79 Å². The zero-order chi connectivity index (χ0) is 19.1. The summed E-state index contributed by atoms with van der Waals surface area (Å²) < 4.78 is 0. The number of carbonyl (C=O) groups excluding carboxylic acids is 1. The van der Waals surface area contributed by atoms with Gasteiger partial charge in [-0.3, -0.25) is 4.79 Å². The van der Waals surface area contributed by atoms with E-state index in [0.717, 1.165) is 55.6 Å². The summed E-state index contributed by atoms with van der Waals surface area (Å²) in [4.78, 5) is 29.2. The lowest BCUT2D eigenvalue weighted by Crippen LogP contribution is -2.31. The van der Waals surface area contributed by atoms with Crippen LogP contribution in [0.4, 0.5) is 11.8 Å². The highest BCUT2D eigenvalue weighted by Crippen LogP contribution is 2.38.